The summed E-state index contributed by atoms with van der Waals surface area (Å²) in [6.45, 7) is 1.23. The van der Waals surface area contributed by atoms with Crippen molar-refractivity contribution in [3.05, 3.63) is 47.7 Å². The van der Waals surface area contributed by atoms with Crippen LogP contribution >= 0.6 is 12.2 Å². The number of amides is 2. The van der Waals surface area contributed by atoms with E-state index in [1.807, 2.05) is 37.4 Å². The number of hydrogen-bond acceptors (Lipinski definition) is 5. The number of nitrogens with zero attached hydrogens (tertiary/aromatic N) is 2. The van der Waals surface area contributed by atoms with Crippen molar-refractivity contribution in [2.24, 2.45) is 0 Å². The maximum Gasteiger partial charge on any atom is 0.267 e. The van der Waals surface area contributed by atoms with Gasteiger partial charge in [-0.05, 0) is 17.8 Å². The highest BCUT2D eigenvalue weighted by Gasteiger charge is 2.33. The largest absolute Gasteiger partial charge is 0.383 e. The van der Waals surface area contributed by atoms with Crippen LogP contribution < -0.4 is 5.32 Å². The summed E-state index contributed by atoms with van der Waals surface area (Å²) < 4.78 is 4.97. The van der Waals surface area contributed by atoms with Crippen LogP contribution in [-0.4, -0.2) is 54.0 Å². The molecule has 1 aromatic carbocycles. The maximum absolute atomic E-state index is 12.5. The zero-order valence-electron chi connectivity index (χ0n) is 13.1. The summed E-state index contributed by atoms with van der Waals surface area (Å²) in [6, 6.07) is 9.80. The molecule has 2 amide bonds. The van der Waals surface area contributed by atoms with Crippen LogP contribution in [0.4, 0.5) is 0 Å². The Kier molecular flexibility index (Phi) is 5.84. The van der Waals surface area contributed by atoms with Gasteiger partial charge in [-0.2, -0.15) is 0 Å². The zero-order chi connectivity index (χ0) is 16.8. The van der Waals surface area contributed by atoms with Crippen molar-refractivity contribution in [1.29, 1.82) is 0 Å². The minimum atomic E-state index is -0.478. The van der Waals surface area contributed by atoms with Gasteiger partial charge < -0.3 is 9.64 Å². The van der Waals surface area contributed by atoms with E-state index in [2.05, 4.69) is 5.32 Å². The van der Waals surface area contributed by atoms with Crippen molar-refractivity contribution in [3.63, 3.8) is 0 Å². The van der Waals surface area contributed by atoms with Crippen molar-refractivity contribution in [1.82, 2.24) is 15.1 Å². The monoisotopic (exact) mass is 333 g/mol. The second-order valence-electron chi connectivity index (χ2n) is 5.15. The molecule has 1 heterocycles. The lowest BCUT2D eigenvalue weighted by molar-refractivity contribution is -0.129. The molecule has 0 atom stereocenters. The summed E-state index contributed by atoms with van der Waals surface area (Å²) in [4.78, 5) is 27.6. The number of ether oxygens (including phenoxy) is 1. The van der Waals surface area contributed by atoms with Crippen LogP contribution in [0.2, 0.25) is 0 Å². The van der Waals surface area contributed by atoms with Gasteiger partial charge in [0.05, 0.1) is 13.2 Å². The van der Waals surface area contributed by atoms with E-state index in [1.165, 1.54) is 4.90 Å². The highest BCUT2D eigenvalue weighted by Crippen LogP contribution is 2.12. The summed E-state index contributed by atoms with van der Waals surface area (Å²) in [5.41, 5.74) is 1.15. The van der Waals surface area contributed by atoms with E-state index in [1.54, 1.807) is 18.2 Å². The molecule has 23 heavy (non-hydrogen) atoms. The van der Waals surface area contributed by atoms with Crippen LogP contribution in [0.5, 0.6) is 0 Å². The lowest BCUT2D eigenvalue weighted by atomic mass is 10.1. The minimum Gasteiger partial charge on any atom is -0.383 e. The smallest absolute Gasteiger partial charge is 0.267 e. The van der Waals surface area contributed by atoms with Gasteiger partial charge in [0.15, 0.2) is 5.11 Å². The first kappa shape index (κ1) is 17.1. The van der Waals surface area contributed by atoms with Gasteiger partial charge in [0.2, 0.25) is 0 Å². The molecule has 7 heteroatoms. The quantitative estimate of drug-likeness (QED) is 0.476. The standard InChI is InChI=1S/C16H19N3O3S/c1-18(10-12-6-4-3-5-7-12)11-13-14(20)17-16(23)19(15(13)21)8-9-22-2/h3-7,11H,8-10H2,1-2H3,(H,17,20,23)/b13-11-. The molecule has 0 saturated carbocycles. The third-order valence-corrected chi connectivity index (χ3v) is 3.65. The normalized spacial score (nSPS) is 16.7. The summed E-state index contributed by atoms with van der Waals surface area (Å²) >= 11 is 5.04. The molecule has 0 radical (unpaired) electrons. The summed E-state index contributed by atoms with van der Waals surface area (Å²) in [6.07, 6.45) is 1.55. The zero-order valence-corrected chi connectivity index (χ0v) is 13.9. The number of methoxy groups -OCH3 is 1. The molecule has 0 aliphatic carbocycles. The summed E-state index contributed by atoms with van der Waals surface area (Å²) in [5, 5.41) is 2.65. The van der Waals surface area contributed by atoms with Crippen molar-refractivity contribution >= 4 is 29.1 Å². The first-order chi connectivity index (χ1) is 11.0. The van der Waals surface area contributed by atoms with Gasteiger partial charge in [-0.1, -0.05) is 30.3 Å². The number of carbonyl (C=O) groups excluding carboxylic acids is 2. The van der Waals surface area contributed by atoms with Gasteiger partial charge in [-0.15, -0.1) is 0 Å². The van der Waals surface area contributed by atoms with Gasteiger partial charge >= 0.3 is 0 Å². The Balaban J connectivity index is 2.13. The van der Waals surface area contributed by atoms with E-state index in [-0.39, 0.29) is 10.7 Å². The predicted molar refractivity (Wildman–Crippen MR) is 90.3 cm³/mol. The van der Waals surface area contributed by atoms with Crippen LogP contribution in [0.3, 0.4) is 0 Å². The number of nitrogens with one attached hydrogen (secondary N) is 1. The second-order valence-corrected chi connectivity index (χ2v) is 5.54. The lowest BCUT2D eigenvalue weighted by Gasteiger charge is -2.29. The van der Waals surface area contributed by atoms with Gasteiger partial charge in [-0.3, -0.25) is 19.8 Å². The Morgan fingerprint density at radius 1 is 1.30 bits per heavy atom. The number of carbonyl (C=O) groups is 2. The maximum atomic E-state index is 12.5. The van der Waals surface area contributed by atoms with Crippen LogP contribution in [0.25, 0.3) is 0 Å². The average Bonchev–Trinajstić information content (AvgIpc) is 2.52. The molecular formula is C16H19N3O3S. The summed E-state index contributed by atoms with van der Waals surface area (Å²) in [7, 11) is 3.35. The molecule has 0 bridgehead atoms. The number of benzene rings is 1. The van der Waals surface area contributed by atoms with Crippen LogP contribution in [0.15, 0.2) is 42.1 Å². The van der Waals surface area contributed by atoms with Gasteiger partial charge in [-0.25, -0.2) is 0 Å². The van der Waals surface area contributed by atoms with Crippen LogP contribution in [0, 0.1) is 0 Å². The van der Waals surface area contributed by atoms with E-state index in [4.69, 9.17) is 17.0 Å². The van der Waals surface area contributed by atoms with Gasteiger partial charge in [0.25, 0.3) is 11.8 Å². The Hall–Kier alpha value is -2.25. The van der Waals surface area contributed by atoms with Crippen molar-refractivity contribution in [2.45, 2.75) is 6.54 Å². The van der Waals surface area contributed by atoms with E-state index in [0.717, 1.165) is 5.56 Å². The molecule has 0 aromatic heterocycles. The lowest BCUT2D eigenvalue weighted by Crippen LogP contribution is -2.55. The third-order valence-electron chi connectivity index (χ3n) is 3.33. The fraction of sp³-hybridized carbons (Fsp3) is 0.312. The number of thiocarbonyl (C=S) groups is 1. The Labute approximate surface area is 140 Å². The van der Waals surface area contributed by atoms with E-state index in [9.17, 15) is 9.59 Å². The molecule has 1 aromatic rings. The second kappa shape index (κ2) is 7.85. The van der Waals surface area contributed by atoms with E-state index in [0.29, 0.717) is 19.7 Å². The number of rotatable bonds is 6. The molecule has 1 aliphatic heterocycles. The molecule has 0 spiro atoms. The topological polar surface area (TPSA) is 61.9 Å². The Bertz CT molecular complexity index is 631. The molecule has 1 saturated heterocycles. The number of hydrogen-bond donors (Lipinski definition) is 1. The fourth-order valence-corrected chi connectivity index (χ4v) is 2.47. The minimum absolute atomic E-state index is 0.0631. The SMILES string of the molecule is COCCN1C(=O)/C(=C\N(C)Cc2ccccc2)C(=O)NC1=S. The highest BCUT2D eigenvalue weighted by molar-refractivity contribution is 7.80. The fourth-order valence-electron chi connectivity index (χ4n) is 2.20. The molecule has 0 unspecified atom stereocenters. The molecule has 2 rings (SSSR count). The third kappa shape index (κ3) is 4.37. The van der Waals surface area contributed by atoms with E-state index < -0.39 is 11.8 Å². The summed E-state index contributed by atoms with van der Waals surface area (Å²) in [5.74, 6) is -0.885. The van der Waals surface area contributed by atoms with Gasteiger partial charge in [0, 0.05) is 26.9 Å². The molecular weight excluding hydrogens is 314 g/mol. The van der Waals surface area contributed by atoms with Crippen molar-refractivity contribution in [3.8, 4) is 0 Å². The molecule has 1 aliphatic rings. The first-order valence-electron chi connectivity index (χ1n) is 7.15. The highest BCUT2D eigenvalue weighted by atomic mass is 32.1. The first-order valence-corrected chi connectivity index (χ1v) is 7.56. The van der Waals surface area contributed by atoms with Gasteiger partial charge in [0.1, 0.15) is 5.57 Å². The average molecular weight is 333 g/mol. The Morgan fingerprint density at radius 2 is 2.00 bits per heavy atom. The predicted octanol–water partition coefficient (Wildman–Crippen LogP) is 0.892. The molecule has 6 nitrogen and oxygen atoms in total. The molecule has 1 fully saturated rings. The van der Waals surface area contributed by atoms with Crippen LogP contribution in [-0.2, 0) is 20.9 Å². The molecule has 122 valence electrons. The van der Waals surface area contributed by atoms with Crippen molar-refractivity contribution < 1.29 is 14.3 Å². The molecule has 1 N–H and O–H groups in total. The van der Waals surface area contributed by atoms with Crippen molar-refractivity contribution in [2.75, 3.05) is 27.3 Å². The Morgan fingerprint density at radius 3 is 2.65 bits per heavy atom. The van der Waals surface area contributed by atoms with Crippen LogP contribution in [0.1, 0.15) is 5.56 Å². The van der Waals surface area contributed by atoms with E-state index >= 15 is 0 Å².